The first kappa shape index (κ1) is 13.2. The first-order valence-electron chi connectivity index (χ1n) is 5.91. The zero-order valence-electron chi connectivity index (χ0n) is 10.4. The molecule has 3 nitrogen and oxygen atoms in total. The van der Waals surface area contributed by atoms with Crippen molar-refractivity contribution < 1.29 is 4.79 Å². The Hall–Kier alpha value is -1.82. The molecule has 0 aromatic heterocycles. The van der Waals surface area contributed by atoms with Crippen molar-refractivity contribution in [2.24, 2.45) is 5.92 Å². The van der Waals surface area contributed by atoms with Crippen LogP contribution >= 0.6 is 0 Å². The van der Waals surface area contributed by atoms with Crippen LogP contribution in [0, 0.1) is 17.2 Å². The van der Waals surface area contributed by atoms with E-state index in [-0.39, 0.29) is 5.91 Å². The van der Waals surface area contributed by atoms with Crippen LogP contribution in [0.25, 0.3) is 0 Å². The number of carbonyl (C=O) groups excluding carboxylic acids is 1. The lowest BCUT2D eigenvalue weighted by atomic mass is 10.0. The van der Waals surface area contributed by atoms with E-state index in [0.717, 1.165) is 17.7 Å². The Morgan fingerprint density at radius 2 is 2.06 bits per heavy atom. The van der Waals surface area contributed by atoms with E-state index >= 15 is 0 Å². The standard InChI is InChI=1S/C14H18N2O/c1-3-11(2)10-14(17)16-13-6-4-12(5-7-13)8-9-15/h4-7,11H,3,8,10H2,1-2H3,(H,16,17). The van der Waals surface area contributed by atoms with E-state index in [2.05, 4.69) is 25.2 Å². The van der Waals surface area contributed by atoms with Crippen molar-refractivity contribution in [1.29, 1.82) is 5.26 Å². The van der Waals surface area contributed by atoms with Gasteiger partial charge in [0.2, 0.25) is 5.91 Å². The van der Waals surface area contributed by atoms with E-state index in [9.17, 15) is 4.79 Å². The highest BCUT2D eigenvalue weighted by molar-refractivity contribution is 5.90. The van der Waals surface area contributed by atoms with Crippen molar-refractivity contribution in [3.8, 4) is 6.07 Å². The minimum atomic E-state index is 0.0485. The van der Waals surface area contributed by atoms with Crippen LogP contribution in [0.15, 0.2) is 24.3 Å². The van der Waals surface area contributed by atoms with Crippen molar-refractivity contribution in [2.45, 2.75) is 33.1 Å². The van der Waals surface area contributed by atoms with Crippen molar-refractivity contribution in [1.82, 2.24) is 0 Å². The maximum Gasteiger partial charge on any atom is 0.224 e. The molecule has 1 atom stereocenters. The van der Waals surface area contributed by atoms with Crippen LogP contribution in [0.4, 0.5) is 5.69 Å². The number of nitrogens with zero attached hydrogens (tertiary/aromatic N) is 1. The number of hydrogen-bond donors (Lipinski definition) is 1. The van der Waals surface area contributed by atoms with Gasteiger partial charge in [0.1, 0.15) is 0 Å². The smallest absolute Gasteiger partial charge is 0.224 e. The summed E-state index contributed by atoms with van der Waals surface area (Å²) in [6, 6.07) is 9.49. The molecule has 0 heterocycles. The SMILES string of the molecule is CCC(C)CC(=O)Nc1ccc(CC#N)cc1. The number of carbonyl (C=O) groups is 1. The quantitative estimate of drug-likeness (QED) is 0.844. The van der Waals surface area contributed by atoms with Crippen LogP contribution in [0.5, 0.6) is 0 Å². The minimum absolute atomic E-state index is 0.0485. The number of nitriles is 1. The second-order valence-electron chi connectivity index (χ2n) is 4.30. The van der Waals surface area contributed by atoms with Crippen LogP contribution in [0.3, 0.4) is 0 Å². The molecule has 0 spiro atoms. The lowest BCUT2D eigenvalue weighted by molar-refractivity contribution is -0.117. The van der Waals surface area contributed by atoms with E-state index < -0.39 is 0 Å². The van der Waals surface area contributed by atoms with Crippen molar-refractivity contribution >= 4 is 11.6 Å². The van der Waals surface area contributed by atoms with Gasteiger partial charge in [0.25, 0.3) is 0 Å². The van der Waals surface area contributed by atoms with Gasteiger partial charge in [-0.3, -0.25) is 4.79 Å². The fourth-order valence-electron chi connectivity index (χ4n) is 1.47. The number of amides is 1. The molecule has 17 heavy (non-hydrogen) atoms. The normalized spacial score (nSPS) is 11.6. The lowest BCUT2D eigenvalue weighted by Gasteiger charge is -2.09. The van der Waals surface area contributed by atoms with Crippen LogP contribution in [0.2, 0.25) is 0 Å². The third-order valence-corrected chi connectivity index (χ3v) is 2.75. The van der Waals surface area contributed by atoms with Crippen molar-refractivity contribution in [3.63, 3.8) is 0 Å². The van der Waals surface area contributed by atoms with E-state index in [1.807, 2.05) is 24.3 Å². The summed E-state index contributed by atoms with van der Waals surface area (Å²) in [5, 5.41) is 11.4. The highest BCUT2D eigenvalue weighted by atomic mass is 16.1. The summed E-state index contributed by atoms with van der Waals surface area (Å²) in [6.45, 7) is 4.14. The van der Waals surface area contributed by atoms with E-state index in [4.69, 9.17) is 5.26 Å². The van der Waals surface area contributed by atoms with E-state index in [1.54, 1.807) is 0 Å². The molecule has 1 unspecified atom stereocenters. The molecule has 0 aliphatic heterocycles. The summed E-state index contributed by atoms with van der Waals surface area (Å²) >= 11 is 0. The summed E-state index contributed by atoms with van der Waals surface area (Å²) in [7, 11) is 0. The van der Waals surface area contributed by atoms with E-state index in [0.29, 0.717) is 18.8 Å². The zero-order chi connectivity index (χ0) is 12.7. The highest BCUT2D eigenvalue weighted by Gasteiger charge is 2.07. The molecule has 0 fully saturated rings. The van der Waals surface area contributed by atoms with Gasteiger partial charge in [-0.25, -0.2) is 0 Å². The average molecular weight is 230 g/mol. The maximum absolute atomic E-state index is 11.6. The van der Waals surface area contributed by atoms with E-state index in [1.165, 1.54) is 0 Å². The Bertz CT molecular complexity index is 403. The molecule has 1 rings (SSSR count). The molecule has 90 valence electrons. The number of rotatable bonds is 5. The molecule has 0 aliphatic carbocycles. The molecule has 1 amide bonds. The predicted molar refractivity (Wildman–Crippen MR) is 68.5 cm³/mol. The fraction of sp³-hybridized carbons (Fsp3) is 0.429. The molecule has 0 bridgehead atoms. The number of hydrogen-bond acceptors (Lipinski definition) is 2. The molecular weight excluding hydrogens is 212 g/mol. The second-order valence-corrected chi connectivity index (χ2v) is 4.30. The molecule has 1 N–H and O–H groups in total. The third-order valence-electron chi connectivity index (χ3n) is 2.75. The fourth-order valence-corrected chi connectivity index (χ4v) is 1.47. The van der Waals surface area contributed by atoms with Gasteiger partial charge in [-0.1, -0.05) is 32.4 Å². The van der Waals surface area contributed by atoms with Crippen LogP contribution < -0.4 is 5.32 Å². The predicted octanol–water partition coefficient (Wildman–Crippen LogP) is 3.13. The number of benzene rings is 1. The van der Waals surface area contributed by atoms with Crippen LogP contribution in [-0.2, 0) is 11.2 Å². The molecule has 0 saturated carbocycles. The summed E-state index contributed by atoms with van der Waals surface area (Å²) < 4.78 is 0. The van der Waals surface area contributed by atoms with Gasteiger partial charge in [0, 0.05) is 12.1 Å². The number of anilines is 1. The van der Waals surface area contributed by atoms with Gasteiger partial charge in [0.15, 0.2) is 0 Å². The van der Waals surface area contributed by atoms with Crippen LogP contribution in [0.1, 0.15) is 32.3 Å². The van der Waals surface area contributed by atoms with Gasteiger partial charge in [-0.05, 0) is 23.6 Å². The van der Waals surface area contributed by atoms with Crippen LogP contribution in [-0.4, -0.2) is 5.91 Å². The summed E-state index contributed by atoms with van der Waals surface area (Å²) in [5.74, 6) is 0.459. The third kappa shape index (κ3) is 4.69. The molecule has 1 aromatic rings. The molecular formula is C14H18N2O. The monoisotopic (exact) mass is 230 g/mol. The summed E-state index contributed by atoms with van der Waals surface area (Å²) in [5.41, 5.74) is 1.76. The molecule has 0 radical (unpaired) electrons. The molecule has 0 aliphatic rings. The summed E-state index contributed by atoms with van der Waals surface area (Å²) in [6.07, 6.45) is 1.96. The largest absolute Gasteiger partial charge is 0.326 e. The lowest BCUT2D eigenvalue weighted by Crippen LogP contribution is -2.14. The van der Waals surface area contributed by atoms with Gasteiger partial charge >= 0.3 is 0 Å². The van der Waals surface area contributed by atoms with Gasteiger partial charge < -0.3 is 5.32 Å². The Morgan fingerprint density at radius 1 is 1.41 bits per heavy atom. The Kier molecular flexibility index (Phi) is 5.22. The Labute approximate surface area is 102 Å². The Balaban J connectivity index is 2.52. The average Bonchev–Trinajstić information content (AvgIpc) is 2.31. The maximum atomic E-state index is 11.6. The van der Waals surface area contributed by atoms with Crippen molar-refractivity contribution in [2.75, 3.05) is 5.32 Å². The topological polar surface area (TPSA) is 52.9 Å². The Morgan fingerprint density at radius 3 is 2.59 bits per heavy atom. The minimum Gasteiger partial charge on any atom is -0.326 e. The second kappa shape index (κ2) is 6.70. The molecule has 0 saturated heterocycles. The number of nitrogens with one attached hydrogen (secondary N) is 1. The zero-order valence-corrected chi connectivity index (χ0v) is 10.4. The molecule has 3 heteroatoms. The van der Waals surface area contributed by atoms with Gasteiger partial charge in [-0.15, -0.1) is 0 Å². The molecule has 1 aromatic carbocycles. The van der Waals surface area contributed by atoms with Crippen molar-refractivity contribution in [3.05, 3.63) is 29.8 Å². The first-order chi connectivity index (χ1) is 8.15. The van der Waals surface area contributed by atoms with Gasteiger partial charge in [0.05, 0.1) is 12.5 Å². The summed E-state index contributed by atoms with van der Waals surface area (Å²) in [4.78, 5) is 11.6. The highest BCUT2D eigenvalue weighted by Crippen LogP contribution is 2.12. The first-order valence-corrected chi connectivity index (χ1v) is 5.91. The van der Waals surface area contributed by atoms with Gasteiger partial charge in [-0.2, -0.15) is 5.26 Å².